The average Bonchev–Trinajstić information content (AvgIpc) is 2.82. The van der Waals surface area contributed by atoms with Gasteiger partial charge in [0.1, 0.15) is 5.65 Å². The first-order chi connectivity index (χ1) is 8.83. The summed E-state index contributed by atoms with van der Waals surface area (Å²) in [7, 11) is 0. The Morgan fingerprint density at radius 1 is 1.17 bits per heavy atom. The number of nitrogen functional groups attached to an aromatic ring is 1. The first kappa shape index (κ1) is 10.7. The van der Waals surface area contributed by atoms with Gasteiger partial charge in [-0.2, -0.15) is 0 Å². The van der Waals surface area contributed by atoms with Crippen LogP contribution in [0.25, 0.3) is 11.0 Å². The molecule has 90 valence electrons. The van der Waals surface area contributed by atoms with Crippen LogP contribution in [0.3, 0.4) is 0 Å². The summed E-state index contributed by atoms with van der Waals surface area (Å²) >= 11 is 0. The third kappa shape index (κ3) is 2.00. The predicted molar refractivity (Wildman–Crippen MR) is 74.3 cm³/mol. The van der Waals surface area contributed by atoms with E-state index in [-0.39, 0.29) is 0 Å². The van der Waals surface area contributed by atoms with E-state index in [2.05, 4.69) is 21.4 Å². The Morgan fingerprint density at radius 2 is 2.00 bits per heavy atom. The van der Waals surface area contributed by atoms with Crippen molar-refractivity contribution < 1.29 is 0 Å². The molecule has 3 aromatic rings. The molecule has 4 heteroatoms. The van der Waals surface area contributed by atoms with E-state index in [1.54, 1.807) is 6.20 Å². The van der Waals surface area contributed by atoms with Gasteiger partial charge in [0.15, 0.2) is 0 Å². The molecule has 0 saturated heterocycles. The Morgan fingerprint density at radius 3 is 2.83 bits per heavy atom. The average molecular weight is 238 g/mol. The third-order valence-electron chi connectivity index (χ3n) is 2.93. The first-order valence-corrected chi connectivity index (χ1v) is 5.83. The lowest BCUT2D eigenvalue weighted by atomic mass is 10.2. The van der Waals surface area contributed by atoms with E-state index in [0.717, 1.165) is 29.0 Å². The van der Waals surface area contributed by atoms with Crippen LogP contribution >= 0.6 is 0 Å². The minimum atomic E-state index is 0.760. The number of nitrogens with zero attached hydrogens (tertiary/aromatic N) is 1. The molecule has 2 heterocycles. The summed E-state index contributed by atoms with van der Waals surface area (Å²) in [5, 5.41) is 4.52. The Hall–Kier alpha value is -2.49. The van der Waals surface area contributed by atoms with Crippen LogP contribution in [0, 0.1) is 0 Å². The summed E-state index contributed by atoms with van der Waals surface area (Å²) < 4.78 is 0. The SMILES string of the molecule is Nc1ccc(NCc2c[nH]c3ncccc23)cc1. The second-order valence-electron chi connectivity index (χ2n) is 4.19. The van der Waals surface area contributed by atoms with Crippen LogP contribution in [0.4, 0.5) is 11.4 Å². The number of anilines is 2. The van der Waals surface area contributed by atoms with Gasteiger partial charge in [0.05, 0.1) is 0 Å². The van der Waals surface area contributed by atoms with E-state index in [4.69, 9.17) is 5.73 Å². The van der Waals surface area contributed by atoms with E-state index >= 15 is 0 Å². The number of benzene rings is 1. The lowest BCUT2D eigenvalue weighted by molar-refractivity contribution is 1.16. The van der Waals surface area contributed by atoms with Gasteiger partial charge >= 0.3 is 0 Å². The molecule has 0 saturated carbocycles. The van der Waals surface area contributed by atoms with Gasteiger partial charge in [0.2, 0.25) is 0 Å². The molecule has 4 nitrogen and oxygen atoms in total. The van der Waals surface area contributed by atoms with Crippen LogP contribution in [0.5, 0.6) is 0 Å². The summed E-state index contributed by atoms with van der Waals surface area (Å²) in [5.41, 5.74) is 9.61. The number of aromatic amines is 1. The second-order valence-corrected chi connectivity index (χ2v) is 4.19. The third-order valence-corrected chi connectivity index (χ3v) is 2.93. The van der Waals surface area contributed by atoms with Crippen molar-refractivity contribution in [2.75, 3.05) is 11.1 Å². The van der Waals surface area contributed by atoms with Gasteiger partial charge in [-0.1, -0.05) is 0 Å². The normalized spacial score (nSPS) is 10.7. The Balaban J connectivity index is 1.79. The van der Waals surface area contributed by atoms with Crippen LogP contribution in [0.2, 0.25) is 0 Å². The van der Waals surface area contributed by atoms with Crippen molar-refractivity contribution in [3.05, 3.63) is 54.4 Å². The number of hydrogen-bond donors (Lipinski definition) is 3. The van der Waals surface area contributed by atoms with Gasteiger partial charge in [0.25, 0.3) is 0 Å². The molecule has 1 aromatic carbocycles. The quantitative estimate of drug-likeness (QED) is 0.615. The van der Waals surface area contributed by atoms with Gasteiger partial charge in [-0.05, 0) is 42.0 Å². The highest BCUT2D eigenvalue weighted by atomic mass is 14.9. The standard InChI is InChI=1S/C14H14N4/c15-11-3-5-12(6-4-11)17-8-10-9-18-14-13(10)2-1-7-16-14/h1-7,9,17H,8,15H2,(H,16,18). The van der Waals surface area contributed by atoms with Gasteiger partial charge in [-0.15, -0.1) is 0 Å². The van der Waals surface area contributed by atoms with Crippen LogP contribution in [0.15, 0.2) is 48.8 Å². The molecular formula is C14H14N4. The zero-order valence-electron chi connectivity index (χ0n) is 9.85. The number of fused-ring (bicyclic) bond motifs is 1. The highest BCUT2D eigenvalue weighted by Crippen LogP contribution is 2.18. The van der Waals surface area contributed by atoms with Crippen molar-refractivity contribution in [1.82, 2.24) is 9.97 Å². The summed E-state index contributed by atoms with van der Waals surface area (Å²) in [5.74, 6) is 0. The molecule has 18 heavy (non-hydrogen) atoms. The molecule has 4 N–H and O–H groups in total. The van der Waals surface area contributed by atoms with Crippen molar-refractivity contribution in [2.45, 2.75) is 6.54 Å². The molecule has 0 spiro atoms. The zero-order chi connectivity index (χ0) is 12.4. The Kier molecular flexibility index (Phi) is 2.61. The zero-order valence-corrected chi connectivity index (χ0v) is 9.85. The number of rotatable bonds is 3. The molecule has 0 unspecified atom stereocenters. The maximum Gasteiger partial charge on any atom is 0.137 e. The summed E-state index contributed by atoms with van der Waals surface area (Å²) in [6.45, 7) is 0.760. The van der Waals surface area contributed by atoms with E-state index in [9.17, 15) is 0 Å². The van der Waals surface area contributed by atoms with E-state index in [1.807, 2.05) is 36.5 Å². The topological polar surface area (TPSA) is 66.7 Å². The summed E-state index contributed by atoms with van der Waals surface area (Å²) in [4.78, 5) is 7.43. The Bertz CT molecular complexity index is 655. The highest BCUT2D eigenvalue weighted by molar-refractivity contribution is 5.79. The minimum absolute atomic E-state index is 0.760. The van der Waals surface area contributed by atoms with Crippen molar-refractivity contribution in [2.24, 2.45) is 0 Å². The molecule has 0 aliphatic rings. The number of H-pyrrole nitrogens is 1. The molecule has 0 aliphatic carbocycles. The molecule has 0 fully saturated rings. The second kappa shape index (κ2) is 4.41. The van der Waals surface area contributed by atoms with Crippen molar-refractivity contribution in [3.8, 4) is 0 Å². The fourth-order valence-electron chi connectivity index (χ4n) is 1.96. The summed E-state index contributed by atoms with van der Waals surface area (Å²) in [6, 6.07) is 11.7. The van der Waals surface area contributed by atoms with Crippen LogP contribution in [0.1, 0.15) is 5.56 Å². The lowest BCUT2D eigenvalue weighted by Crippen LogP contribution is -1.98. The number of pyridine rings is 1. The molecule has 2 aromatic heterocycles. The van der Waals surface area contributed by atoms with Crippen LogP contribution < -0.4 is 11.1 Å². The predicted octanol–water partition coefficient (Wildman–Crippen LogP) is 2.76. The van der Waals surface area contributed by atoms with Gasteiger partial charge in [-0.25, -0.2) is 4.98 Å². The smallest absolute Gasteiger partial charge is 0.137 e. The van der Waals surface area contributed by atoms with Gasteiger partial charge in [0, 0.05) is 35.7 Å². The maximum atomic E-state index is 5.65. The van der Waals surface area contributed by atoms with E-state index < -0.39 is 0 Å². The first-order valence-electron chi connectivity index (χ1n) is 5.83. The van der Waals surface area contributed by atoms with Crippen molar-refractivity contribution in [3.63, 3.8) is 0 Å². The Labute approximate surface area is 105 Å². The van der Waals surface area contributed by atoms with Crippen molar-refractivity contribution >= 4 is 22.4 Å². The van der Waals surface area contributed by atoms with E-state index in [0.29, 0.717) is 0 Å². The van der Waals surface area contributed by atoms with Crippen LogP contribution in [-0.2, 0) is 6.54 Å². The molecule has 0 atom stereocenters. The number of nitrogens with one attached hydrogen (secondary N) is 2. The largest absolute Gasteiger partial charge is 0.399 e. The summed E-state index contributed by atoms with van der Waals surface area (Å²) in [6.07, 6.45) is 3.78. The highest BCUT2D eigenvalue weighted by Gasteiger charge is 2.03. The van der Waals surface area contributed by atoms with Crippen LogP contribution in [-0.4, -0.2) is 9.97 Å². The molecule has 0 aliphatic heterocycles. The maximum absolute atomic E-state index is 5.65. The molecule has 0 bridgehead atoms. The van der Waals surface area contributed by atoms with Gasteiger partial charge in [-0.3, -0.25) is 0 Å². The number of hydrogen-bond acceptors (Lipinski definition) is 3. The van der Waals surface area contributed by atoms with E-state index in [1.165, 1.54) is 5.56 Å². The molecule has 0 amide bonds. The fourth-order valence-corrected chi connectivity index (χ4v) is 1.96. The van der Waals surface area contributed by atoms with Gasteiger partial charge < -0.3 is 16.0 Å². The fraction of sp³-hybridized carbons (Fsp3) is 0.0714. The molecule has 3 rings (SSSR count). The number of aromatic nitrogens is 2. The van der Waals surface area contributed by atoms with Crippen molar-refractivity contribution in [1.29, 1.82) is 0 Å². The minimum Gasteiger partial charge on any atom is -0.399 e. The number of nitrogens with two attached hydrogens (primary N) is 1. The molecule has 0 radical (unpaired) electrons. The lowest BCUT2D eigenvalue weighted by Gasteiger charge is -2.05. The monoisotopic (exact) mass is 238 g/mol. The molecular weight excluding hydrogens is 224 g/mol.